The van der Waals surface area contributed by atoms with E-state index in [0.29, 0.717) is 42.4 Å². The molecule has 2 fully saturated rings. The quantitative estimate of drug-likeness (QED) is 0.568. The third-order valence-electron chi connectivity index (χ3n) is 6.11. The summed E-state index contributed by atoms with van der Waals surface area (Å²) in [6.07, 6.45) is 5.44. The van der Waals surface area contributed by atoms with Gasteiger partial charge in [0.15, 0.2) is 0 Å². The molecule has 1 heterocycles. The Bertz CT molecular complexity index is 742. The van der Waals surface area contributed by atoms with E-state index in [2.05, 4.69) is 15.5 Å². The summed E-state index contributed by atoms with van der Waals surface area (Å²) in [5.41, 5.74) is 0.555. The van der Waals surface area contributed by atoms with Crippen LogP contribution in [0.3, 0.4) is 0 Å². The van der Waals surface area contributed by atoms with Crippen molar-refractivity contribution in [2.24, 2.45) is 5.92 Å². The van der Waals surface area contributed by atoms with Crippen LogP contribution in [-0.4, -0.2) is 73.3 Å². The Morgan fingerprint density at radius 2 is 1.61 bits per heavy atom. The number of rotatable bonds is 9. The maximum absolute atomic E-state index is 12.5. The SMILES string of the molecule is O=C(CCCNC(=O)c1ccc(Cl)cc1)NCCN1CCN(C(=O)C2CCCC2)CC1. The van der Waals surface area contributed by atoms with Gasteiger partial charge < -0.3 is 15.5 Å². The van der Waals surface area contributed by atoms with Crippen LogP contribution in [0.5, 0.6) is 0 Å². The number of halogens is 1. The van der Waals surface area contributed by atoms with Gasteiger partial charge in [0, 0.05) is 68.7 Å². The van der Waals surface area contributed by atoms with E-state index < -0.39 is 0 Å². The molecule has 3 rings (SSSR count). The van der Waals surface area contributed by atoms with Crippen LogP contribution in [-0.2, 0) is 9.59 Å². The van der Waals surface area contributed by atoms with Gasteiger partial charge in [-0.05, 0) is 43.5 Å². The molecule has 0 atom stereocenters. The van der Waals surface area contributed by atoms with Gasteiger partial charge in [0.25, 0.3) is 5.91 Å². The lowest BCUT2D eigenvalue weighted by atomic mass is 10.1. The Morgan fingerprint density at radius 3 is 2.29 bits per heavy atom. The fourth-order valence-corrected chi connectivity index (χ4v) is 4.34. The van der Waals surface area contributed by atoms with Crippen molar-refractivity contribution in [2.45, 2.75) is 38.5 Å². The van der Waals surface area contributed by atoms with Crippen molar-refractivity contribution in [1.82, 2.24) is 20.4 Å². The average Bonchev–Trinajstić information content (AvgIpc) is 3.32. The second-order valence-corrected chi connectivity index (χ2v) is 8.80. The van der Waals surface area contributed by atoms with E-state index in [1.54, 1.807) is 24.3 Å². The zero-order valence-electron chi connectivity index (χ0n) is 18.1. The van der Waals surface area contributed by atoms with Crippen molar-refractivity contribution in [3.63, 3.8) is 0 Å². The Hall–Kier alpha value is -2.12. The molecule has 31 heavy (non-hydrogen) atoms. The average molecular weight is 449 g/mol. The van der Waals surface area contributed by atoms with Crippen molar-refractivity contribution in [3.05, 3.63) is 34.9 Å². The Kier molecular flexibility index (Phi) is 9.15. The van der Waals surface area contributed by atoms with E-state index in [4.69, 9.17) is 11.6 Å². The molecule has 1 aromatic rings. The number of amides is 3. The monoisotopic (exact) mass is 448 g/mol. The van der Waals surface area contributed by atoms with Crippen molar-refractivity contribution in [2.75, 3.05) is 45.8 Å². The summed E-state index contributed by atoms with van der Waals surface area (Å²) in [7, 11) is 0. The first-order valence-electron chi connectivity index (χ1n) is 11.3. The summed E-state index contributed by atoms with van der Waals surface area (Å²) < 4.78 is 0. The molecule has 8 heteroatoms. The van der Waals surface area contributed by atoms with Crippen molar-refractivity contribution in [3.8, 4) is 0 Å². The zero-order valence-corrected chi connectivity index (χ0v) is 18.8. The van der Waals surface area contributed by atoms with Gasteiger partial charge in [0.2, 0.25) is 11.8 Å². The molecular weight excluding hydrogens is 416 g/mol. The van der Waals surface area contributed by atoms with Crippen LogP contribution < -0.4 is 10.6 Å². The predicted molar refractivity (Wildman–Crippen MR) is 121 cm³/mol. The molecule has 2 aliphatic rings. The number of carbonyl (C=O) groups is 3. The van der Waals surface area contributed by atoms with Crippen LogP contribution in [0.25, 0.3) is 0 Å². The van der Waals surface area contributed by atoms with E-state index in [0.717, 1.165) is 45.6 Å². The maximum Gasteiger partial charge on any atom is 0.251 e. The fraction of sp³-hybridized carbons (Fsp3) is 0.609. The molecule has 1 aliphatic carbocycles. The summed E-state index contributed by atoms with van der Waals surface area (Å²) >= 11 is 5.82. The van der Waals surface area contributed by atoms with Gasteiger partial charge in [-0.2, -0.15) is 0 Å². The minimum absolute atomic E-state index is 0.00390. The van der Waals surface area contributed by atoms with Gasteiger partial charge >= 0.3 is 0 Å². The molecule has 1 saturated carbocycles. The van der Waals surface area contributed by atoms with Gasteiger partial charge in [-0.25, -0.2) is 0 Å². The molecule has 0 aromatic heterocycles. The summed E-state index contributed by atoms with van der Waals surface area (Å²) in [5.74, 6) is 0.425. The molecule has 2 N–H and O–H groups in total. The minimum atomic E-state index is -0.164. The van der Waals surface area contributed by atoms with E-state index in [9.17, 15) is 14.4 Å². The second-order valence-electron chi connectivity index (χ2n) is 8.36. The molecule has 1 aromatic carbocycles. The Balaban J connectivity index is 1.22. The molecule has 1 aliphatic heterocycles. The highest BCUT2D eigenvalue weighted by atomic mass is 35.5. The molecular formula is C23H33ClN4O3. The molecule has 170 valence electrons. The fourth-order valence-electron chi connectivity index (χ4n) is 4.22. The first-order valence-corrected chi connectivity index (χ1v) is 11.7. The van der Waals surface area contributed by atoms with E-state index >= 15 is 0 Å². The highest BCUT2D eigenvalue weighted by Gasteiger charge is 2.29. The van der Waals surface area contributed by atoms with Gasteiger partial charge in [-0.1, -0.05) is 24.4 Å². The van der Waals surface area contributed by atoms with Crippen molar-refractivity contribution in [1.29, 1.82) is 0 Å². The normalized spacial score (nSPS) is 17.5. The summed E-state index contributed by atoms with van der Waals surface area (Å²) in [6.45, 7) is 5.16. The molecule has 7 nitrogen and oxygen atoms in total. The Morgan fingerprint density at radius 1 is 0.935 bits per heavy atom. The van der Waals surface area contributed by atoms with E-state index in [1.165, 1.54) is 12.8 Å². The maximum atomic E-state index is 12.5. The lowest BCUT2D eigenvalue weighted by Crippen LogP contribution is -2.51. The summed E-state index contributed by atoms with van der Waals surface area (Å²) in [5, 5.41) is 6.35. The van der Waals surface area contributed by atoms with Crippen LogP contribution in [0.2, 0.25) is 5.02 Å². The summed E-state index contributed by atoms with van der Waals surface area (Å²) in [6, 6.07) is 6.71. The molecule has 1 saturated heterocycles. The highest BCUT2D eigenvalue weighted by molar-refractivity contribution is 6.30. The first-order chi connectivity index (χ1) is 15.0. The predicted octanol–water partition coefficient (Wildman–Crippen LogP) is 2.30. The lowest BCUT2D eigenvalue weighted by molar-refractivity contribution is -0.137. The van der Waals surface area contributed by atoms with E-state index in [1.807, 2.05) is 4.90 Å². The highest BCUT2D eigenvalue weighted by Crippen LogP contribution is 2.26. The third-order valence-corrected chi connectivity index (χ3v) is 6.36. The Labute approximate surface area is 189 Å². The smallest absolute Gasteiger partial charge is 0.251 e. The van der Waals surface area contributed by atoms with Crippen LogP contribution in [0.1, 0.15) is 48.9 Å². The van der Waals surface area contributed by atoms with Crippen LogP contribution in [0.4, 0.5) is 0 Å². The number of hydrogen-bond acceptors (Lipinski definition) is 4. The number of nitrogens with one attached hydrogen (secondary N) is 2. The van der Waals surface area contributed by atoms with Gasteiger partial charge in [-0.3, -0.25) is 19.3 Å². The molecule has 0 unspecified atom stereocenters. The van der Waals surface area contributed by atoms with Crippen LogP contribution in [0, 0.1) is 5.92 Å². The zero-order chi connectivity index (χ0) is 22.1. The van der Waals surface area contributed by atoms with Crippen LogP contribution in [0.15, 0.2) is 24.3 Å². The first kappa shape index (κ1) is 23.5. The lowest BCUT2D eigenvalue weighted by Gasteiger charge is -2.36. The van der Waals surface area contributed by atoms with Crippen LogP contribution >= 0.6 is 11.6 Å². The topological polar surface area (TPSA) is 81.8 Å². The van der Waals surface area contributed by atoms with E-state index in [-0.39, 0.29) is 17.7 Å². The van der Waals surface area contributed by atoms with Crippen molar-refractivity contribution >= 4 is 29.3 Å². The number of carbonyl (C=O) groups excluding carboxylic acids is 3. The molecule has 0 bridgehead atoms. The second kappa shape index (κ2) is 12.1. The minimum Gasteiger partial charge on any atom is -0.355 e. The number of benzene rings is 1. The summed E-state index contributed by atoms with van der Waals surface area (Å²) in [4.78, 5) is 40.8. The largest absolute Gasteiger partial charge is 0.355 e. The molecule has 0 spiro atoms. The van der Waals surface area contributed by atoms with Gasteiger partial charge in [-0.15, -0.1) is 0 Å². The standard InChI is InChI=1S/C23H33ClN4O3/c24-20-9-7-18(8-10-20)22(30)26-11-3-6-21(29)25-12-13-27-14-16-28(17-15-27)23(31)19-4-1-2-5-19/h7-10,19H,1-6,11-17H2,(H,25,29)(H,26,30). The van der Waals surface area contributed by atoms with Crippen molar-refractivity contribution < 1.29 is 14.4 Å². The number of piperazine rings is 1. The number of hydrogen-bond donors (Lipinski definition) is 2. The third kappa shape index (κ3) is 7.51. The molecule has 3 amide bonds. The molecule has 0 radical (unpaired) electrons. The number of nitrogens with zero attached hydrogens (tertiary/aromatic N) is 2. The van der Waals surface area contributed by atoms with Gasteiger partial charge in [0.1, 0.15) is 0 Å². The van der Waals surface area contributed by atoms with Gasteiger partial charge in [0.05, 0.1) is 0 Å².